The average molecular weight is 309 g/mol. The SMILES string of the molecule is COc1cc(C=C2SC(=O)NC2=O)ccc1OCC(=O)O. The summed E-state index contributed by atoms with van der Waals surface area (Å²) in [5.74, 6) is -0.932. The molecule has 1 fully saturated rings. The van der Waals surface area contributed by atoms with Gasteiger partial charge in [0.2, 0.25) is 0 Å². The molecule has 0 unspecified atom stereocenters. The van der Waals surface area contributed by atoms with Gasteiger partial charge in [0, 0.05) is 0 Å². The van der Waals surface area contributed by atoms with Crippen LogP contribution in [-0.4, -0.2) is 35.9 Å². The molecule has 0 aliphatic carbocycles. The maximum Gasteiger partial charge on any atom is 0.341 e. The number of methoxy groups -OCH3 is 1. The Balaban J connectivity index is 2.23. The highest BCUT2D eigenvalue weighted by molar-refractivity contribution is 8.18. The number of ether oxygens (including phenoxy) is 2. The molecule has 0 atom stereocenters. The lowest BCUT2D eigenvalue weighted by Crippen LogP contribution is -2.17. The Bertz CT molecular complexity index is 640. The van der Waals surface area contributed by atoms with Gasteiger partial charge in [-0.05, 0) is 35.5 Å². The first-order chi connectivity index (χ1) is 9.99. The van der Waals surface area contributed by atoms with Crippen molar-refractivity contribution in [2.75, 3.05) is 13.7 Å². The number of thioether (sulfide) groups is 1. The molecule has 0 saturated carbocycles. The fourth-order valence-electron chi connectivity index (χ4n) is 1.61. The molecule has 110 valence electrons. The van der Waals surface area contributed by atoms with Crippen molar-refractivity contribution in [1.29, 1.82) is 0 Å². The van der Waals surface area contributed by atoms with Crippen molar-refractivity contribution in [2.45, 2.75) is 0 Å². The second-order valence-corrected chi connectivity index (χ2v) is 4.96. The number of hydrogen-bond donors (Lipinski definition) is 2. The zero-order chi connectivity index (χ0) is 15.4. The van der Waals surface area contributed by atoms with Crippen LogP contribution in [0, 0.1) is 0 Å². The minimum Gasteiger partial charge on any atom is -0.493 e. The molecule has 2 N–H and O–H groups in total. The number of amides is 2. The molecule has 1 aromatic carbocycles. The number of rotatable bonds is 5. The van der Waals surface area contributed by atoms with Crippen molar-refractivity contribution in [3.8, 4) is 11.5 Å². The summed E-state index contributed by atoms with van der Waals surface area (Å²) in [5, 5.41) is 10.3. The fraction of sp³-hybridized carbons (Fsp3) is 0.154. The zero-order valence-electron chi connectivity index (χ0n) is 10.9. The molecule has 0 bridgehead atoms. The van der Waals surface area contributed by atoms with E-state index >= 15 is 0 Å². The molecule has 1 saturated heterocycles. The summed E-state index contributed by atoms with van der Waals surface area (Å²) in [6.07, 6.45) is 1.54. The zero-order valence-corrected chi connectivity index (χ0v) is 11.7. The highest BCUT2D eigenvalue weighted by atomic mass is 32.2. The molecule has 0 radical (unpaired) electrons. The van der Waals surface area contributed by atoms with Crippen LogP contribution in [0.2, 0.25) is 0 Å². The van der Waals surface area contributed by atoms with E-state index in [0.29, 0.717) is 11.3 Å². The Kier molecular flexibility index (Phi) is 4.49. The molecule has 2 amide bonds. The predicted octanol–water partition coefficient (Wildman–Crippen LogP) is 1.48. The smallest absolute Gasteiger partial charge is 0.341 e. The molecule has 21 heavy (non-hydrogen) atoms. The van der Waals surface area contributed by atoms with E-state index in [1.807, 2.05) is 0 Å². The van der Waals surface area contributed by atoms with Crippen molar-refractivity contribution in [3.63, 3.8) is 0 Å². The van der Waals surface area contributed by atoms with E-state index in [-0.39, 0.29) is 10.7 Å². The molecule has 2 rings (SSSR count). The van der Waals surface area contributed by atoms with Crippen LogP contribution in [0.25, 0.3) is 6.08 Å². The fourth-order valence-corrected chi connectivity index (χ4v) is 2.29. The monoisotopic (exact) mass is 309 g/mol. The number of benzene rings is 1. The quantitative estimate of drug-likeness (QED) is 0.794. The van der Waals surface area contributed by atoms with Gasteiger partial charge in [0.05, 0.1) is 12.0 Å². The van der Waals surface area contributed by atoms with Gasteiger partial charge in [0.15, 0.2) is 18.1 Å². The first-order valence-corrected chi connectivity index (χ1v) is 6.58. The summed E-state index contributed by atoms with van der Waals surface area (Å²) in [6, 6.07) is 4.75. The maximum atomic E-state index is 11.4. The molecule has 1 aliphatic heterocycles. The van der Waals surface area contributed by atoms with Crippen LogP contribution in [0.3, 0.4) is 0 Å². The minimum absolute atomic E-state index is 0.279. The maximum absolute atomic E-state index is 11.4. The van der Waals surface area contributed by atoms with Gasteiger partial charge in [0.25, 0.3) is 11.1 Å². The van der Waals surface area contributed by atoms with E-state index in [9.17, 15) is 14.4 Å². The molecule has 8 heteroatoms. The summed E-state index contributed by atoms with van der Waals surface area (Å²) in [6.45, 7) is -0.483. The number of carbonyl (C=O) groups excluding carboxylic acids is 2. The van der Waals surface area contributed by atoms with Crippen LogP contribution >= 0.6 is 11.8 Å². The topological polar surface area (TPSA) is 102 Å². The highest BCUT2D eigenvalue weighted by Gasteiger charge is 2.25. The molecule has 1 heterocycles. The number of carboxylic acids is 1. The van der Waals surface area contributed by atoms with Crippen molar-refractivity contribution in [2.24, 2.45) is 0 Å². The first-order valence-electron chi connectivity index (χ1n) is 5.77. The second kappa shape index (κ2) is 6.31. The molecule has 1 aliphatic rings. The summed E-state index contributed by atoms with van der Waals surface area (Å²) in [5.41, 5.74) is 0.627. The third kappa shape index (κ3) is 3.76. The Morgan fingerprint density at radius 3 is 2.71 bits per heavy atom. The van der Waals surface area contributed by atoms with Gasteiger partial charge in [0.1, 0.15) is 0 Å². The van der Waals surface area contributed by atoms with Crippen LogP contribution in [0.1, 0.15) is 5.56 Å². The summed E-state index contributed by atoms with van der Waals surface area (Å²) in [4.78, 5) is 33.3. The van der Waals surface area contributed by atoms with Crippen LogP contribution in [0.5, 0.6) is 11.5 Å². The molecule has 1 aromatic rings. The van der Waals surface area contributed by atoms with Gasteiger partial charge in [-0.3, -0.25) is 14.9 Å². The highest BCUT2D eigenvalue weighted by Crippen LogP contribution is 2.31. The van der Waals surface area contributed by atoms with Crippen LogP contribution in [-0.2, 0) is 9.59 Å². The van der Waals surface area contributed by atoms with Gasteiger partial charge in [-0.15, -0.1) is 0 Å². The van der Waals surface area contributed by atoms with Gasteiger partial charge in [-0.2, -0.15) is 0 Å². The number of hydrogen-bond acceptors (Lipinski definition) is 6. The average Bonchev–Trinajstić information content (AvgIpc) is 2.75. The lowest BCUT2D eigenvalue weighted by Gasteiger charge is -2.09. The Labute approximate surface area is 123 Å². The lowest BCUT2D eigenvalue weighted by atomic mass is 10.2. The van der Waals surface area contributed by atoms with Crippen LogP contribution < -0.4 is 14.8 Å². The van der Waals surface area contributed by atoms with Crippen molar-refractivity contribution in [1.82, 2.24) is 5.32 Å². The largest absolute Gasteiger partial charge is 0.493 e. The summed E-state index contributed by atoms with van der Waals surface area (Å²) >= 11 is 0.812. The molecule has 0 spiro atoms. The lowest BCUT2D eigenvalue weighted by molar-refractivity contribution is -0.139. The first kappa shape index (κ1) is 14.9. The van der Waals surface area contributed by atoms with E-state index < -0.39 is 23.7 Å². The number of aliphatic carboxylic acids is 1. The van der Waals surface area contributed by atoms with E-state index in [1.54, 1.807) is 12.1 Å². The van der Waals surface area contributed by atoms with E-state index in [1.165, 1.54) is 19.3 Å². The molecular weight excluding hydrogens is 298 g/mol. The number of carboxylic acid groups (broad SMARTS) is 1. The Hall–Kier alpha value is -2.48. The van der Waals surface area contributed by atoms with Crippen LogP contribution in [0.4, 0.5) is 4.79 Å². The normalized spacial score (nSPS) is 16.0. The van der Waals surface area contributed by atoms with E-state index in [2.05, 4.69) is 5.32 Å². The Morgan fingerprint density at radius 2 is 2.14 bits per heavy atom. The Morgan fingerprint density at radius 1 is 1.38 bits per heavy atom. The van der Waals surface area contributed by atoms with Gasteiger partial charge < -0.3 is 14.6 Å². The van der Waals surface area contributed by atoms with Crippen molar-refractivity contribution < 1.29 is 29.0 Å². The molecular formula is C13H11NO6S. The second-order valence-electron chi connectivity index (χ2n) is 3.94. The number of nitrogens with one attached hydrogen (secondary N) is 1. The van der Waals surface area contributed by atoms with Crippen molar-refractivity contribution >= 4 is 35.0 Å². The minimum atomic E-state index is -1.10. The molecule has 7 nitrogen and oxygen atoms in total. The van der Waals surface area contributed by atoms with Gasteiger partial charge >= 0.3 is 5.97 Å². The summed E-state index contributed by atoms with van der Waals surface area (Å²) in [7, 11) is 1.42. The van der Waals surface area contributed by atoms with Gasteiger partial charge in [-0.1, -0.05) is 6.07 Å². The number of imide groups is 1. The van der Waals surface area contributed by atoms with Crippen LogP contribution in [0.15, 0.2) is 23.1 Å². The van der Waals surface area contributed by atoms with Gasteiger partial charge in [-0.25, -0.2) is 4.79 Å². The predicted molar refractivity (Wildman–Crippen MR) is 75.2 cm³/mol. The molecule has 0 aromatic heterocycles. The van der Waals surface area contributed by atoms with Crippen molar-refractivity contribution in [3.05, 3.63) is 28.7 Å². The summed E-state index contributed by atoms with van der Waals surface area (Å²) < 4.78 is 10.2. The third-order valence-electron chi connectivity index (χ3n) is 2.48. The third-order valence-corrected chi connectivity index (χ3v) is 3.29. The van der Waals surface area contributed by atoms with E-state index in [4.69, 9.17) is 14.6 Å². The standard InChI is InChI=1S/C13H11NO6S/c1-19-9-4-7(2-3-8(9)20-6-11(15)16)5-10-12(17)14-13(18)21-10/h2-5H,6H2,1H3,(H,15,16)(H,14,17,18). The van der Waals surface area contributed by atoms with E-state index in [0.717, 1.165) is 11.8 Å². The number of carbonyl (C=O) groups is 3.